The molecule has 0 saturated carbocycles. The number of likely N-dealkylation sites (tertiary alicyclic amines) is 1. The zero-order valence-corrected chi connectivity index (χ0v) is 12.7. The highest BCUT2D eigenvalue weighted by molar-refractivity contribution is 7.07. The van der Waals surface area contributed by atoms with E-state index in [1.807, 2.05) is 10.9 Å². The zero-order valence-electron chi connectivity index (χ0n) is 11.9. The fourth-order valence-electron chi connectivity index (χ4n) is 2.95. The van der Waals surface area contributed by atoms with Crippen LogP contribution in [0.1, 0.15) is 31.4 Å². The maximum atomic E-state index is 11.7. The number of ether oxygens (including phenoxy) is 1. The Kier molecular flexibility index (Phi) is 5.51. The Balaban J connectivity index is 1.98. The number of hydrogen-bond acceptors (Lipinski definition) is 5. The fourth-order valence-corrected chi connectivity index (χ4v) is 3.50. The number of hydrogen-bond donors (Lipinski definition) is 1. The molecule has 112 valence electrons. The monoisotopic (exact) mass is 298 g/mol. The molecule has 1 atom stereocenters. The van der Waals surface area contributed by atoms with E-state index in [4.69, 9.17) is 4.74 Å². The minimum Gasteiger partial charge on any atom is -0.481 e. The number of thiazole rings is 1. The topological polar surface area (TPSA) is 62.7 Å². The summed E-state index contributed by atoms with van der Waals surface area (Å²) in [7, 11) is 1.66. The lowest BCUT2D eigenvalue weighted by atomic mass is 9.76. The number of piperidine rings is 1. The second kappa shape index (κ2) is 7.15. The Morgan fingerprint density at radius 1 is 1.65 bits per heavy atom. The fraction of sp³-hybridized carbons (Fsp3) is 0.714. The molecule has 1 aliphatic rings. The molecule has 1 N–H and O–H groups in total. The van der Waals surface area contributed by atoms with E-state index in [0.717, 1.165) is 38.0 Å². The first-order valence-corrected chi connectivity index (χ1v) is 7.92. The van der Waals surface area contributed by atoms with Crippen LogP contribution in [0.4, 0.5) is 0 Å². The molecule has 0 spiro atoms. The van der Waals surface area contributed by atoms with Crippen molar-refractivity contribution < 1.29 is 14.6 Å². The average molecular weight is 298 g/mol. The number of carbonyl (C=O) groups is 1. The van der Waals surface area contributed by atoms with E-state index >= 15 is 0 Å². The van der Waals surface area contributed by atoms with Gasteiger partial charge in [0, 0.05) is 32.2 Å². The predicted octanol–water partition coefficient (Wildman–Crippen LogP) is 2.24. The summed E-state index contributed by atoms with van der Waals surface area (Å²) in [6, 6.07) is 0. The van der Waals surface area contributed by atoms with Crippen molar-refractivity contribution in [1.29, 1.82) is 0 Å². The lowest BCUT2D eigenvalue weighted by molar-refractivity contribution is -0.153. The molecular weight excluding hydrogens is 276 g/mol. The summed E-state index contributed by atoms with van der Waals surface area (Å²) in [5.41, 5.74) is 2.24. The number of nitrogens with zero attached hydrogens (tertiary/aromatic N) is 2. The van der Waals surface area contributed by atoms with Crippen LogP contribution in [-0.2, 0) is 16.1 Å². The molecule has 1 saturated heterocycles. The standard InChI is InChI=1S/C14H22N2O3S/c1-19-7-3-5-14(13(17)18)4-2-6-16(10-14)8-12-9-20-11-15-12/h9,11H,2-8,10H2,1H3,(H,17,18)/t14-/m1/s1. The summed E-state index contributed by atoms with van der Waals surface area (Å²) < 4.78 is 5.05. The highest BCUT2D eigenvalue weighted by Gasteiger charge is 2.41. The predicted molar refractivity (Wildman–Crippen MR) is 77.8 cm³/mol. The molecule has 20 heavy (non-hydrogen) atoms. The Labute approximate surface area is 123 Å². The highest BCUT2D eigenvalue weighted by Crippen LogP contribution is 2.35. The van der Waals surface area contributed by atoms with E-state index in [2.05, 4.69) is 9.88 Å². The number of aromatic nitrogens is 1. The molecule has 5 nitrogen and oxygen atoms in total. The van der Waals surface area contributed by atoms with Crippen molar-refractivity contribution in [3.05, 3.63) is 16.6 Å². The zero-order chi connectivity index (χ0) is 14.4. The van der Waals surface area contributed by atoms with Gasteiger partial charge in [0.25, 0.3) is 0 Å². The van der Waals surface area contributed by atoms with Gasteiger partial charge in [0.15, 0.2) is 0 Å². The molecular formula is C14H22N2O3S. The van der Waals surface area contributed by atoms with Crippen LogP contribution >= 0.6 is 11.3 Å². The van der Waals surface area contributed by atoms with Crippen LogP contribution in [0.5, 0.6) is 0 Å². The Hall–Kier alpha value is -0.980. The first-order chi connectivity index (χ1) is 9.66. The van der Waals surface area contributed by atoms with Crippen LogP contribution in [0.25, 0.3) is 0 Å². The lowest BCUT2D eigenvalue weighted by Crippen LogP contribution is -2.47. The molecule has 2 rings (SSSR count). The molecule has 1 aliphatic heterocycles. The average Bonchev–Trinajstić information content (AvgIpc) is 2.92. The minimum absolute atomic E-state index is 0.615. The quantitative estimate of drug-likeness (QED) is 0.782. The van der Waals surface area contributed by atoms with Gasteiger partial charge in [0.05, 0.1) is 16.6 Å². The molecule has 2 heterocycles. The third kappa shape index (κ3) is 3.77. The third-order valence-corrected chi connectivity index (χ3v) is 4.62. The molecule has 0 radical (unpaired) electrons. The SMILES string of the molecule is COCCC[C@]1(C(=O)O)CCCN(Cc2cscn2)C1. The van der Waals surface area contributed by atoms with Crippen molar-refractivity contribution in [2.24, 2.45) is 5.41 Å². The number of aliphatic carboxylic acids is 1. The third-order valence-electron chi connectivity index (χ3n) is 3.98. The largest absolute Gasteiger partial charge is 0.481 e. The normalized spacial score (nSPS) is 23.9. The van der Waals surface area contributed by atoms with Crippen LogP contribution in [0.2, 0.25) is 0 Å². The maximum Gasteiger partial charge on any atom is 0.310 e. The molecule has 0 unspecified atom stereocenters. The minimum atomic E-state index is -0.670. The highest BCUT2D eigenvalue weighted by atomic mass is 32.1. The van der Waals surface area contributed by atoms with Crippen molar-refractivity contribution in [3.8, 4) is 0 Å². The number of rotatable bonds is 7. The van der Waals surface area contributed by atoms with E-state index in [1.165, 1.54) is 0 Å². The van der Waals surface area contributed by atoms with Gasteiger partial charge in [-0.2, -0.15) is 0 Å². The summed E-state index contributed by atoms with van der Waals surface area (Å²) in [5, 5.41) is 11.7. The molecule has 1 aromatic heterocycles. The molecule has 0 amide bonds. The molecule has 1 fully saturated rings. The second-order valence-electron chi connectivity index (χ2n) is 5.48. The van der Waals surface area contributed by atoms with E-state index in [1.54, 1.807) is 18.4 Å². The lowest BCUT2D eigenvalue weighted by Gasteiger charge is -2.39. The smallest absolute Gasteiger partial charge is 0.310 e. The summed E-state index contributed by atoms with van der Waals surface area (Å²) >= 11 is 1.58. The molecule has 0 aliphatic carbocycles. The van der Waals surface area contributed by atoms with E-state index in [0.29, 0.717) is 19.6 Å². The van der Waals surface area contributed by atoms with Crippen molar-refractivity contribution in [3.63, 3.8) is 0 Å². The van der Waals surface area contributed by atoms with Gasteiger partial charge in [-0.25, -0.2) is 4.98 Å². The summed E-state index contributed by atoms with van der Waals surface area (Å²) in [5.74, 6) is -0.670. The van der Waals surface area contributed by atoms with Gasteiger partial charge < -0.3 is 9.84 Å². The number of carboxylic acid groups (broad SMARTS) is 1. The summed E-state index contributed by atoms with van der Waals surface area (Å²) in [6.45, 7) is 2.95. The van der Waals surface area contributed by atoms with Gasteiger partial charge in [-0.1, -0.05) is 0 Å². The summed E-state index contributed by atoms with van der Waals surface area (Å²) in [4.78, 5) is 18.2. The maximum absolute atomic E-state index is 11.7. The molecule has 6 heteroatoms. The number of methoxy groups -OCH3 is 1. The number of carboxylic acids is 1. The van der Waals surface area contributed by atoms with Gasteiger partial charge >= 0.3 is 5.97 Å². The van der Waals surface area contributed by atoms with E-state index in [-0.39, 0.29) is 0 Å². The second-order valence-corrected chi connectivity index (χ2v) is 6.19. The Morgan fingerprint density at radius 2 is 2.50 bits per heavy atom. The van der Waals surface area contributed by atoms with Gasteiger partial charge in [0.1, 0.15) is 0 Å². The van der Waals surface area contributed by atoms with Crippen molar-refractivity contribution >= 4 is 17.3 Å². The van der Waals surface area contributed by atoms with Gasteiger partial charge in [0.2, 0.25) is 0 Å². The first-order valence-electron chi connectivity index (χ1n) is 6.98. The van der Waals surface area contributed by atoms with Gasteiger partial charge in [-0.3, -0.25) is 9.69 Å². The van der Waals surface area contributed by atoms with Crippen molar-refractivity contribution in [1.82, 2.24) is 9.88 Å². The first kappa shape index (κ1) is 15.4. The Bertz CT molecular complexity index is 424. The molecule has 0 bridgehead atoms. The van der Waals surface area contributed by atoms with Crippen LogP contribution < -0.4 is 0 Å². The molecule has 0 aromatic carbocycles. The van der Waals surface area contributed by atoms with E-state index in [9.17, 15) is 9.90 Å². The van der Waals surface area contributed by atoms with E-state index < -0.39 is 11.4 Å². The van der Waals surface area contributed by atoms with Gasteiger partial charge in [-0.05, 0) is 32.2 Å². The van der Waals surface area contributed by atoms with Crippen LogP contribution in [0.3, 0.4) is 0 Å². The van der Waals surface area contributed by atoms with Crippen LogP contribution in [0, 0.1) is 5.41 Å². The van der Waals surface area contributed by atoms with Crippen LogP contribution in [0.15, 0.2) is 10.9 Å². The van der Waals surface area contributed by atoms with Crippen LogP contribution in [-0.4, -0.2) is 47.8 Å². The van der Waals surface area contributed by atoms with Crippen molar-refractivity contribution in [2.75, 3.05) is 26.8 Å². The van der Waals surface area contributed by atoms with Gasteiger partial charge in [-0.15, -0.1) is 11.3 Å². The van der Waals surface area contributed by atoms with Crippen molar-refractivity contribution in [2.45, 2.75) is 32.2 Å². The Morgan fingerprint density at radius 3 is 3.15 bits per heavy atom. The summed E-state index contributed by atoms with van der Waals surface area (Å²) in [6.07, 6.45) is 3.18. The molecule has 1 aromatic rings.